The van der Waals surface area contributed by atoms with Crippen molar-refractivity contribution in [1.82, 2.24) is 15.6 Å². The molecule has 15 heavy (non-hydrogen) atoms. The van der Waals surface area contributed by atoms with Crippen LogP contribution in [0.4, 0.5) is 0 Å². The summed E-state index contributed by atoms with van der Waals surface area (Å²) in [7, 11) is 0. The Balaban J connectivity index is 2.44. The van der Waals surface area contributed by atoms with Gasteiger partial charge in [-0.25, -0.2) is 0 Å². The molecule has 0 saturated carbocycles. The molecule has 0 aliphatic rings. The molecule has 1 aromatic heterocycles. The van der Waals surface area contributed by atoms with Gasteiger partial charge >= 0.3 is 0 Å². The number of hydrogen-bond donors (Lipinski definition) is 3. The highest BCUT2D eigenvalue weighted by Crippen LogP contribution is 1.91. The maximum atomic E-state index is 11.5. The highest BCUT2D eigenvalue weighted by Gasteiger charge is 2.03. The molecule has 1 rings (SSSR count). The summed E-state index contributed by atoms with van der Waals surface area (Å²) in [5, 5.41) is 5.79. The lowest BCUT2D eigenvalue weighted by atomic mass is 10.2. The van der Waals surface area contributed by atoms with Gasteiger partial charge in [-0.15, -0.1) is 0 Å². The van der Waals surface area contributed by atoms with Gasteiger partial charge in [0.1, 0.15) is 0 Å². The Morgan fingerprint density at radius 1 is 1.47 bits per heavy atom. The SMILES string of the molecule is CCNCCNC(=O)c1cc[nH]c(=O)c1. The van der Waals surface area contributed by atoms with Gasteiger partial charge < -0.3 is 15.6 Å². The van der Waals surface area contributed by atoms with E-state index in [1.807, 2.05) is 6.92 Å². The van der Waals surface area contributed by atoms with Crippen molar-refractivity contribution in [2.24, 2.45) is 0 Å². The molecule has 0 aromatic carbocycles. The fourth-order valence-corrected chi connectivity index (χ4v) is 1.13. The van der Waals surface area contributed by atoms with Gasteiger partial charge in [-0.05, 0) is 12.6 Å². The van der Waals surface area contributed by atoms with Crippen molar-refractivity contribution in [2.45, 2.75) is 6.92 Å². The van der Waals surface area contributed by atoms with Crippen LogP contribution in [-0.4, -0.2) is 30.5 Å². The first-order chi connectivity index (χ1) is 7.24. The fraction of sp³-hybridized carbons (Fsp3) is 0.400. The first-order valence-corrected chi connectivity index (χ1v) is 4.91. The van der Waals surface area contributed by atoms with Gasteiger partial charge in [0.2, 0.25) is 5.56 Å². The smallest absolute Gasteiger partial charge is 0.251 e. The van der Waals surface area contributed by atoms with Gasteiger partial charge in [-0.3, -0.25) is 9.59 Å². The molecule has 5 nitrogen and oxygen atoms in total. The van der Waals surface area contributed by atoms with Gasteiger partial charge in [0.05, 0.1) is 0 Å². The summed E-state index contributed by atoms with van der Waals surface area (Å²) >= 11 is 0. The molecule has 0 radical (unpaired) electrons. The average molecular weight is 209 g/mol. The van der Waals surface area contributed by atoms with Crippen LogP contribution < -0.4 is 16.2 Å². The van der Waals surface area contributed by atoms with Crippen LogP contribution in [0.1, 0.15) is 17.3 Å². The van der Waals surface area contributed by atoms with E-state index in [0.29, 0.717) is 12.1 Å². The standard InChI is InChI=1S/C10H15N3O2/c1-2-11-5-6-13-10(15)8-3-4-12-9(14)7-8/h3-4,7,11H,2,5-6H2,1H3,(H,12,14)(H,13,15). The van der Waals surface area contributed by atoms with Crippen LogP contribution in [0.25, 0.3) is 0 Å². The van der Waals surface area contributed by atoms with E-state index in [4.69, 9.17) is 0 Å². The lowest BCUT2D eigenvalue weighted by Gasteiger charge is -2.04. The van der Waals surface area contributed by atoms with E-state index in [0.717, 1.165) is 13.1 Å². The monoisotopic (exact) mass is 209 g/mol. The molecular weight excluding hydrogens is 194 g/mol. The molecule has 0 saturated heterocycles. The maximum absolute atomic E-state index is 11.5. The summed E-state index contributed by atoms with van der Waals surface area (Å²) in [5.41, 5.74) is 0.115. The van der Waals surface area contributed by atoms with Crippen molar-refractivity contribution < 1.29 is 4.79 Å². The molecule has 5 heteroatoms. The third-order valence-corrected chi connectivity index (χ3v) is 1.87. The Hall–Kier alpha value is -1.62. The minimum Gasteiger partial charge on any atom is -0.351 e. The number of pyridine rings is 1. The molecule has 0 fully saturated rings. The van der Waals surface area contributed by atoms with E-state index >= 15 is 0 Å². The van der Waals surface area contributed by atoms with E-state index < -0.39 is 0 Å². The number of carbonyl (C=O) groups excluding carboxylic acids is 1. The molecule has 0 aliphatic carbocycles. The molecule has 0 atom stereocenters. The Labute approximate surface area is 87.9 Å². The number of hydrogen-bond acceptors (Lipinski definition) is 3. The summed E-state index contributed by atoms with van der Waals surface area (Å²) in [4.78, 5) is 24.8. The van der Waals surface area contributed by atoms with Crippen molar-refractivity contribution in [3.05, 3.63) is 34.2 Å². The van der Waals surface area contributed by atoms with Crippen LogP contribution in [0, 0.1) is 0 Å². The molecule has 82 valence electrons. The van der Waals surface area contributed by atoms with Gasteiger partial charge in [0.15, 0.2) is 0 Å². The Kier molecular flexibility index (Phi) is 4.56. The molecular formula is C10H15N3O2. The molecule has 3 N–H and O–H groups in total. The second-order valence-corrected chi connectivity index (χ2v) is 3.05. The highest BCUT2D eigenvalue weighted by molar-refractivity contribution is 5.93. The molecule has 1 aromatic rings. The lowest BCUT2D eigenvalue weighted by Crippen LogP contribution is -2.32. The summed E-state index contributed by atoms with van der Waals surface area (Å²) in [6.45, 7) is 4.16. The van der Waals surface area contributed by atoms with E-state index in [9.17, 15) is 9.59 Å². The summed E-state index contributed by atoms with van der Waals surface area (Å²) in [6, 6.07) is 2.85. The number of H-pyrrole nitrogens is 1. The number of carbonyl (C=O) groups is 1. The number of aromatic nitrogens is 1. The third kappa shape index (κ3) is 3.95. The predicted octanol–water partition coefficient (Wildman–Crippen LogP) is -0.286. The fourth-order valence-electron chi connectivity index (χ4n) is 1.13. The molecule has 0 spiro atoms. The van der Waals surface area contributed by atoms with Crippen LogP contribution >= 0.6 is 0 Å². The topological polar surface area (TPSA) is 74.0 Å². The van der Waals surface area contributed by atoms with E-state index in [2.05, 4.69) is 15.6 Å². The third-order valence-electron chi connectivity index (χ3n) is 1.87. The molecule has 1 heterocycles. The quantitative estimate of drug-likeness (QED) is 0.584. The minimum atomic E-state index is -0.269. The predicted molar refractivity (Wildman–Crippen MR) is 57.9 cm³/mol. The second kappa shape index (κ2) is 5.98. The molecule has 0 aliphatic heterocycles. The van der Waals surface area contributed by atoms with Crippen molar-refractivity contribution in [3.8, 4) is 0 Å². The number of likely N-dealkylation sites (N-methyl/N-ethyl adjacent to an activating group) is 1. The Morgan fingerprint density at radius 2 is 2.27 bits per heavy atom. The minimum absolute atomic E-state index is 0.223. The number of nitrogens with one attached hydrogen (secondary N) is 3. The van der Waals surface area contributed by atoms with Crippen molar-refractivity contribution in [1.29, 1.82) is 0 Å². The average Bonchev–Trinajstić information content (AvgIpc) is 2.24. The number of aromatic amines is 1. The zero-order valence-corrected chi connectivity index (χ0v) is 8.67. The zero-order chi connectivity index (χ0) is 11.1. The van der Waals surface area contributed by atoms with Crippen LogP contribution in [0.15, 0.2) is 23.1 Å². The van der Waals surface area contributed by atoms with Crippen molar-refractivity contribution >= 4 is 5.91 Å². The van der Waals surface area contributed by atoms with Crippen LogP contribution in [-0.2, 0) is 0 Å². The zero-order valence-electron chi connectivity index (χ0n) is 8.67. The second-order valence-electron chi connectivity index (χ2n) is 3.05. The van der Waals surface area contributed by atoms with Gasteiger partial charge in [-0.1, -0.05) is 6.92 Å². The summed E-state index contributed by atoms with van der Waals surface area (Å²) in [5.74, 6) is -0.223. The van der Waals surface area contributed by atoms with Crippen LogP contribution in [0.3, 0.4) is 0 Å². The first-order valence-electron chi connectivity index (χ1n) is 4.91. The molecule has 0 bridgehead atoms. The largest absolute Gasteiger partial charge is 0.351 e. The van der Waals surface area contributed by atoms with E-state index in [1.165, 1.54) is 12.3 Å². The lowest BCUT2D eigenvalue weighted by molar-refractivity contribution is 0.0953. The molecule has 1 amide bonds. The Bertz CT molecular complexity index is 373. The number of rotatable bonds is 5. The Morgan fingerprint density at radius 3 is 2.93 bits per heavy atom. The van der Waals surface area contributed by atoms with Gasteiger partial charge in [0.25, 0.3) is 5.91 Å². The first kappa shape index (κ1) is 11.5. The molecule has 0 unspecified atom stereocenters. The number of amides is 1. The van der Waals surface area contributed by atoms with E-state index in [1.54, 1.807) is 6.07 Å². The van der Waals surface area contributed by atoms with E-state index in [-0.39, 0.29) is 11.5 Å². The normalized spacial score (nSPS) is 9.93. The van der Waals surface area contributed by atoms with Gasteiger partial charge in [-0.2, -0.15) is 0 Å². The summed E-state index contributed by atoms with van der Waals surface area (Å²) in [6.07, 6.45) is 1.46. The van der Waals surface area contributed by atoms with Crippen LogP contribution in [0.5, 0.6) is 0 Å². The van der Waals surface area contributed by atoms with Crippen LogP contribution in [0.2, 0.25) is 0 Å². The summed E-state index contributed by atoms with van der Waals surface area (Å²) < 4.78 is 0. The van der Waals surface area contributed by atoms with Gasteiger partial charge in [0, 0.05) is 30.9 Å². The van der Waals surface area contributed by atoms with Crippen molar-refractivity contribution in [2.75, 3.05) is 19.6 Å². The highest BCUT2D eigenvalue weighted by atomic mass is 16.2. The van der Waals surface area contributed by atoms with Crippen molar-refractivity contribution in [3.63, 3.8) is 0 Å². The maximum Gasteiger partial charge on any atom is 0.251 e.